The van der Waals surface area contributed by atoms with Gasteiger partial charge >= 0.3 is 0 Å². The number of β-lactam (4-membered cyclic amide) rings is 1. The van der Waals surface area contributed by atoms with Crippen molar-refractivity contribution in [2.75, 3.05) is 12.0 Å². The Morgan fingerprint density at radius 2 is 1.88 bits per heavy atom. The topological polar surface area (TPSA) is 29.5 Å². The molecule has 1 fully saturated rings. The zero-order valence-corrected chi connectivity index (χ0v) is 13.6. The van der Waals surface area contributed by atoms with E-state index < -0.39 is 0 Å². The summed E-state index contributed by atoms with van der Waals surface area (Å²) in [6, 6.07) is 17.5. The van der Waals surface area contributed by atoms with Crippen LogP contribution < -0.4 is 9.64 Å². The van der Waals surface area contributed by atoms with Gasteiger partial charge in [-0.1, -0.05) is 42.5 Å². The number of carbonyl (C=O) groups excluding carboxylic acids is 1. The number of anilines is 1. The number of terminal acetylenes is 1. The predicted molar refractivity (Wildman–Crippen MR) is 96.7 cm³/mol. The van der Waals surface area contributed by atoms with E-state index in [1.807, 2.05) is 60.7 Å². The fourth-order valence-electron chi connectivity index (χ4n) is 2.94. The fraction of sp³-hybridized carbons (Fsp3) is 0.190. The summed E-state index contributed by atoms with van der Waals surface area (Å²) in [5, 5.41) is 0. The Kier molecular flexibility index (Phi) is 4.67. The first-order chi connectivity index (χ1) is 11.7. The van der Waals surface area contributed by atoms with Crippen molar-refractivity contribution in [2.45, 2.75) is 12.5 Å². The molecule has 0 spiro atoms. The van der Waals surface area contributed by atoms with Crippen molar-refractivity contribution < 1.29 is 9.53 Å². The zero-order chi connectivity index (χ0) is 16.9. The van der Waals surface area contributed by atoms with Crippen molar-refractivity contribution in [3.63, 3.8) is 0 Å². The molecular formula is C21H19NO2. The molecule has 2 aromatic rings. The molecule has 2 aromatic carbocycles. The highest BCUT2D eigenvalue weighted by Crippen LogP contribution is 2.36. The molecule has 3 rings (SSSR count). The largest absolute Gasteiger partial charge is 0.497 e. The van der Waals surface area contributed by atoms with Gasteiger partial charge in [0.1, 0.15) is 5.75 Å². The van der Waals surface area contributed by atoms with Crippen molar-refractivity contribution >= 4 is 17.7 Å². The SMILES string of the molecule is C#CC[C@@H]1C(=O)N(c2ccc(OC)cc2)[C@@H]1/C=C/c1ccccc1. The zero-order valence-electron chi connectivity index (χ0n) is 13.6. The number of amides is 1. The van der Waals surface area contributed by atoms with Gasteiger partial charge in [0, 0.05) is 12.1 Å². The highest BCUT2D eigenvalue weighted by atomic mass is 16.5. The van der Waals surface area contributed by atoms with Crippen molar-refractivity contribution in [3.8, 4) is 18.1 Å². The molecule has 0 bridgehead atoms. The molecule has 2 atom stereocenters. The second-order valence-corrected chi connectivity index (χ2v) is 5.68. The number of ether oxygens (including phenoxy) is 1. The number of rotatable bonds is 5. The first kappa shape index (κ1) is 15.9. The van der Waals surface area contributed by atoms with E-state index in [-0.39, 0.29) is 17.9 Å². The maximum atomic E-state index is 12.5. The summed E-state index contributed by atoms with van der Waals surface area (Å²) in [6.45, 7) is 0. The van der Waals surface area contributed by atoms with Crippen LogP contribution in [0.1, 0.15) is 12.0 Å². The molecule has 1 amide bonds. The summed E-state index contributed by atoms with van der Waals surface area (Å²) < 4.78 is 5.18. The first-order valence-corrected chi connectivity index (χ1v) is 7.88. The van der Waals surface area contributed by atoms with E-state index in [1.165, 1.54) is 0 Å². The molecule has 0 aromatic heterocycles. The van der Waals surface area contributed by atoms with Crippen LogP contribution in [-0.4, -0.2) is 19.1 Å². The summed E-state index contributed by atoms with van der Waals surface area (Å²) in [5.41, 5.74) is 1.96. The van der Waals surface area contributed by atoms with Crippen LogP contribution in [0.15, 0.2) is 60.7 Å². The van der Waals surface area contributed by atoms with E-state index in [0.29, 0.717) is 6.42 Å². The Morgan fingerprint density at radius 1 is 1.17 bits per heavy atom. The smallest absolute Gasteiger partial charge is 0.234 e. The molecule has 0 N–H and O–H groups in total. The highest BCUT2D eigenvalue weighted by Gasteiger charge is 2.45. The van der Waals surface area contributed by atoms with Crippen LogP contribution in [0.2, 0.25) is 0 Å². The summed E-state index contributed by atoms with van der Waals surface area (Å²) in [4.78, 5) is 14.3. The van der Waals surface area contributed by atoms with Gasteiger partial charge in [-0.2, -0.15) is 0 Å². The lowest BCUT2D eigenvalue weighted by molar-refractivity contribution is -0.128. The number of nitrogens with zero attached hydrogens (tertiary/aromatic N) is 1. The number of methoxy groups -OCH3 is 1. The molecule has 24 heavy (non-hydrogen) atoms. The summed E-state index contributed by atoms with van der Waals surface area (Å²) in [5.74, 6) is 3.30. The van der Waals surface area contributed by atoms with Gasteiger partial charge in [0.2, 0.25) is 5.91 Å². The third-order valence-corrected chi connectivity index (χ3v) is 4.24. The van der Waals surface area contributed by atoms with Gasteiger partial charge in [-0.05, 0) is 29.8 Å². The Bertz CT molecular complexity index is 772. The van der Waals surface area contributed by atoms with Gasteiger partial charge in [-0.3, -0.25) is 4.79 Å². The minimum absolute atomic E-state index is 0.0258. The van der Waals surface area contributed by atoms with Crippen LogP contribution in [0.25, 0.3) is 6.08 Å². The monoisotopic (exact) mass is 317 g/mol. The summed E-state index contributed by atoms with van der Waals surface area (Å²) in [6.07, 6.45) is 9.98. The Labute approximate surface area is 142 Å². The number of hydrogen-bond donors (Lipinski definition) is 0. The number of hydrogen-bond acceptors (Lipinski definition) is 2. The van der Waals surface area contributed by atoms with Crippen LogP contribution >= 0.6 is 0 Å². The summed E-state index contributed by atoms with van der Waals surface area (Å²) >= 11 is 0. The minimum atomic E-state index is -0.155. The Hall–Kier alpha value is -2.99. The molecular weight excluding hydrogens is 298 g/mol. The Balaban J connectivity index is 1.85. The Morgan fingerprint density at radius 3 is 2.50 bits per heavy atom. The van der Waals surface area contributed by atoms with E-state index in [4.69, 9.17) is 11.2 Å². The maximum absolute atomic E-state index is 12.5. The lowest BCUT2D eigenvalue weighted by atomic mass is 9.83. The second-order valence-electron chi connectivity index (χ2n) is 5.68. The second kappa shape index (κ2) is 7.06. The maximum Gasteiger partial charge on any atom is 0.234 e. The average Bonchev–Trinajstić information content (AvgIpc) is 2.64. The van der Waals surface area contributed by atoms with E-state index in [0.717, 1.165) is 17.0 Å². The normalized spacial score (nSPS) is 19.8. The van der Waals surface area contributed by atoms with Crippen LogP contribution in [0.5, 0.6) is 5.75 Å². The van der Waals surface area contributed by atoms with Crippen LogP contribution in [0.3, 0.4) is 0 Å². The van der Waals surface area contributed by atoms with Crippen LogP contribution in [0.4, 0.5) is 5.69 Å². The van der Waals surface area contributed by atoms with Gasteiger partial charge in [0.15, 0.2) is 0 Å². The molecule has 1 saturated heterocycles. The van der Waals surface area contributed by atoms with Crippen molar-refractivity contribution in [1.29, 1.82) is 0 Å². The van der Waals surface area contributed by atoms with Crippen LogP contribution in [0, 0.1) is 18.3 Å². The average molecular weight is 317 g/mol. The lowest BCUT2D eigenvalue weighted by Gasteiger charge is -2.45. The molecule has 1 heterocycles. The van der Waals surface area contributed by atoms with Crippen molar-refractivity contribution in [2.24, 2.45) is 5.92 Å². The first-order valence-electron chi connectivity index (χ1n) is 7.88. The molecule has 0 unspecified atom stereocenters. The van der Waals surface area contributed by atoms with Gasteiger partial charge in [-0.15, -0.1) is 12.3 Å². The molecule has 3 heteroatoms. The van der Waals surface area contributed by atoms with Gasteiger partial charge in [-0.25, -0.2) is 0 Å². The lowest BCUT2D eigenvalue weighted by Crippen LogP contribution is -2.60. The number of carbonyl (C=O) groups is 1. The molecule has 3 nitrogen and oxygen atoms in total. The molecule has 1 aliphatic heterocycles. The predicted octanol–water partition coefficient (Wildman–Crippen LogP) is 3.76. The molecule has 0 radical (unpaired) electrons. The van der Waals surface area contributed by atoms with Crippen molar-refractivity contribution in [1.82, 2.24) is 0 Å². The fourth-order valence-corrected chi connectivity index (χ4v) is 2.94. The van der Waals surface area contributed by atoms with E-state index in [1.54, 1.807) is 12.0 Å². The summed E-state index contributed by atoms with van der Waals surface area (Å²) in [7, 11) is 1.62. The van der Waals surface area contributed by atoms with E-state index in [9.17, 15) is 4.79 Å². The molecule has 0 saturated carbocycles. The van der Waals surface area contributed by atoms with Gasteiger partial charge in [0.05, 0.1) is 19.1 Å². The van der Waals surface area contributed by atoms with Crippen LogP contribution in [-0.2, 0) is 4.79 Å². The molecule has 120 valence electrons. The quantitative estimate of drug-likeness (QED) is 0.621. The molecule has 1 aliphatic rings. The third kappa shape index (κ3) is 3.04. The third-order valence-electron chi connectivity index (χ3n) is 4.24. The highest BCUT2D eigenvalue weighted by molar-refractivity contribution is 6.04. The van der Waals surface area contributed by atoms with Gasteiger partial charge < -0.3 is 9.64 Å². The minimum Gasteiger partial charge on any atom is -0.497 e. The van der Waals surface area contributed by atoms with E-state index in [2.05, 4.69) is 12.0 Å². The molecule has 0 aliphatic carbocycles. The van der Waals surface area contributed by atoms with E-state index >= 15 is 0 Å². The van der Waals surface area contributed by atoms with Gasteiger partial charge in [0.25, 0.3) is 0 Å². The van der Waals surface area contributed by atoms with Crippen molar-refractivity contribution in [3.05, 3.63) is 66.2 Å². The standard InChI is InChI=1S/C21H19NO2/c1-3-7-19-20(15-10-16-8-5-4-6-9-16)22(21(19)23)17-11-13-18(24-2)14-12-17/h1,4-6,8-15,19-20H,7H2,2H3/b15-10+/t19-,20+/m0/s1. The number of benzene rings is 2.